The largest absolute Gasteiger partial charge is 0.391 e. The maximum absolute atomic E-state index is 13.2. The summed E-state index contributed by atoms with van der Waals surface area (Å²) in [6.45, 7) is 1.41. The number of aliphatic hydroxyl groups excluding tert-OH is 1. The maximum atomic E-state index is 13.2. The molecule has 2 heterocycles. The second-order valence-electron chi connectivity index (χ2n) is 8.41. The summed E-state index contributed by atoms with van der Waals surface area (Å²) < 4.78 is 5.49. The quantitative estimate of drug-likeness (QED) is 0.475. The first-order valence-corrected chi connectivity index (χ1v) is 12.8. The molecule has 7 heteroatoms. The van der Waals surface area contributed by atoms with Crippen LogP contribution in [0.4, 0.5) is 0 Å². The third kappa shape index (κ3) is 6.48. The Labute approximate surface area is 191 Å². The van der Waals surface area contributed by atoms with E-state index in [2.05, 4.69) is 29.2 Å². The Morgan fingerprint density at radius 3 is 2.52 bits per heavy atom. The lowest BCUT2D eigenvalue weighted by Gasteiger charge is -2.26. The molecule has 1 aromatic heterocycles. The molecule has 1 unspecified atom stereocenters. The van der Waals surface area contributed by atoms with E-state index < -0.39 is 0 Å². The zero-order valence-electron chi connectivity index (χ0n) is 17.6. The fourth-order valence-corrected chi connectivity index (χ4v) is 5.74. The van der Waals surface area contributed by atoms with Gasteiger partial charge in [0.1, 0.15) is 5.78 Å². The van der Waals surface area contributed by atoms with Gasteiger partial charge in [-0.2, -0.15) is 0 Å². The van der Waals surface area contributed by atoms with Crippen molar-refractivity contribution in [2.75, 3.05) is 13.2 Å². The lowest BCUT2D eigenvalue weighted by molar-refractivity contribution is -0.121. The van der Waals surface area contributed by atoms with Crippen LogP contribution in [0.25, 0.3) is 0 Å². The van der Waals surface area contributed by atoms with Gasteiger partial charge in [-0.25, -0.2) is 4.98 Å². The summed E-state index contributed by atoms with van der Waals surface area (Å²) in [5.41, 5.74) is 1.06. The van der Waals surface area contributed by atoms with E-state index in [9.17, 15) is 14.7 Å². The molecule has 4 rings (SSSR count). The fraction of sp³-hybridized carbons (Fsp3) is 0.542. The predicted molar refractivity (Wildman–Crippen MR) is 123 cm³/mol. The highest BCUT2D eigenvalue weighted by Gasteiger charge is 2.27. The Morgan fingerprint density at radius 2 is 1.87 bits per heavy atom. The number of hydrogen-bond acceptors (Lipinski definition) is 7. The van der Waals surface area contributed by atoms with E-state index in [1.54, 1.807) is 0 Å². The van der Waals surface area contributed by atoms with E-state index in [-0.39, 0.29) is 36.9 Å². The number of carbonyl (C=O) groups excluding carboxylic acids is 2. The molecule has 1 N–H and O–H groups in total. The minimum Gasteiger partial charge on any atom is -0.391 e. The van der Waals surface area contributed by atoms with Crippen LogP contribution in [-0.4, -0.2) is 40.1 Å². The molecule has 1 aliphatic heterocycles. The summed E-state index contributed by atoms with van der Waals surface area (Å²) in [7, 11) is 0. The minimum absolute atomic E-state index is 0.119. The second-order valence-corrected chi connectivity index (χ2v) is 10.9. The van der Waals surface area contributed by atoms with Crippen molar-refractivity contribution < 1.29 is 19.4 Å². The van der Waals surface area contributed by atoms with Crippen molar-refractivity contribution in [1.82, 2.24) is 4.98 Å². The van der Waals surface area contributed by atoms with E-state index >= 15 is 0 Å². The molecule has 0 amide bonds. The van der Waals surface area contributed by atoms with Gasteiger partial charge in [0.2, 0.25) is 0 Å². The van der Waals surface area contributed by atoms with Gasteiger partial charge in [0, 0.05) is 48.3 Å². The lowest BCUT2D eigenvalue weighted by Crippen LogP contribution is -2.22. The Bertz CT molecular complexity index is 885. The summed E-state index contributed by atoms with van der Waals surface area (Å²) in [5.74, 6) is 0.297. The molecule has 166 valence electrons. The van der Waals surface area contributed by atoms with Gasteiger partial charge in [-0.3, -0.25) is 9.59 Å². The summed E-state index contributed by atoms with van der Waals surface area (Å²) in [6.07, 6.45) is 7.29. The van der Waals surface area contributed by atoms with Gasteiger partial charge >= 0.3 is 0 Å². The Balaban J connectivity index is 1.41. The number of ether oxygens (including phenoxy) is 1. The number of Topliss-reactive ketones (excluding diaryl/α,β-unsaturated/α-hetero) is 2. The molecule has 0 bridgehead atoms. The van der Waals surface area contributed by atoms with E-state index in [0.717, 1.165) is 43.3 Å². The minimum atomic E-state index is -0.180. The zero-order chi connectivity index (χ0) is 21.6. The molecule has 5 nitrogen and oxygen atoms in total. The van der Waals surface area contributed by atoms with Crippen LogP contribution in [-0.2, 0) is 16.1 Å². The van der Waals surface area contributed by atoms with E-state index in [1.165, 1.54) is 35.3 Å². The standard InChI is InChI=1S/C24H29NO4S2/c26-15-20-14-25-24(31-20)23(28)8-7-22(27)21(13-16-9-11-29-12-10-16)17-1-3-18(4-2-17)30-19-5-6-19/h1-4,14,16,19,21,26H,5-13,15H2. The molecular weight excluding hydrogens is 430 g/mol. The first-order valence-electron chi connectivity index (χ1n) is 11.1. The number of thioether (sulfide) groups is 1. The van der Waals surface area contributed by atoms with Gasteiger partial charge in [0.15, 0.2) is 10.8 Å². The van der Waals surface area contributed by atoms with Crippen LogP contribution in [0.15, 0.2) is 35.4 Å². The first kappa shape index (κ1) is 22.6. The molecule has 0 spiro atoms. The average molecular weight is 460 g/mol. The van der Waals surface area contributed by atoms with Crippen molar-refractivity contribution in [2.45, 2.75) is 67.6 Å². The van der Waals surface area contributed by atoms with Crippen molar-refractivity contribution in [3.8, 4) is 0 Å². The summed E-state index contributed by atoms with van der Waals surface area (Å²) in [4.78, 5) is 31.7. The second kappa shape index (κ2) is 10.9. The van der Waals surface area contributed by atoms with Crippen molar-refractivity contribution in [3.63, 3.8) is 0 Å². The number of aliphatic hydroxyl groups is 1. The molecule has 0 radical (unpaired) electrons. The number of aromatic nitrogens is 1. The van der Waals surface area contributed by atoms with Crippen LogP contribution in [0.1, 0.15) is 71.1 Å². The van der Waals surface area contributed by atoms with Crippen LogP contribution >= 0.6 is 23.1 Å². The topological polar surface area (TPSA) is 76.5 Å². The van der Waals surface area contributed by atoms with Gasteiger partial charge in [0.25, 0.3) is 0 Å². The van der Waals surface area contributed by atoms with Crippen LogP contribution in [0, 0.1) is 5.92 Å². The molecular formula is C24H29NO4S2. The highest BCUT2D eigenvalue weighted by molar-refractivity contribution is 8.00. The molecule has 1 saturated heterocycles. The van der Waals surface area contributed by atoms with E-state index in [4.69, 9.17) is 4.74 Å². The van der Waals surface area contributed by atoms with E-state index in [1.807, 2.05) is 11.8 Å². The van der Waals surface area contributed by atoms with Crippen LogP contribution in [0.5, 0.6) is 0 Å². The molecule has 1 saturated carbocycles. The molecule has 31 heavy (non-hydrogen) atoms. The predicted octanol–water partition coefficient (Wildman–Crippen LogP) is 5.02. The van der Waals surface area contributed by atoms with Crippen molar-refractivity contribution in [1.29, 1.82) is 0 Å². The smallest absolute Gasteiger partial charge is 0.191 e. The normalized spacial score (nSPS) is 18.1. The summed E-state index contributed by atoms with van der Waals surface area (Å²) in [6, 6.07) is 8.48. The van der Waals surface area contributed by atoms with Crippen LogP contribution in [0.2, 0.25) is 0 Å². The molecule has 1 aliphatic carbocycles. The third-order valence-electron chi connectivity index (χ3n) is 5.95. The molecule has 2 aromatic rings. The maximum Gasteiger partial charge on any atom is 0.191 e. The number of benzene rings is 1. The van der Waals surface area contributed by atoms with Crippen LogP contribution in [0.3, 0.4) is 0 Å². The van der Waals surface area contributed by atoms with Gasteiger partial charge in [-0.05, 0) is 55.7 Å². The van der Waals surface area contributed by atoms with Crippen LogP contribution < -0.4 is 0 Å². The van der Waals surface area contributed by atoms with Gasteiger partial charge in [0.05, 0.1) is 11.5 Å². The lowest BCUT2D eigenvalue weighted by atomic mass is 9.81. The van der Waals surface area contributed by atoms with Crippen molar-refractivity contribution in [2.24, 2.45) is 5.92 Å². The highest BCUT2D eigenvalue weighted by Crippen LogP contribution is 2.40. The van der Waals surface area contributed by atoms with Gasteiger partial charge < -0.3 is 9.84 Å². The number of ketones is 2. The third-order valence-corrected chi connectivity index (χ3v) is 8.33. The number of nitrogens with zero attached hydrogens (tertiary/aromatic N) is 1. The Hall–Kier alpha value is -1.54. The Morgan fingerprint density at radius 1 is 1.13 bits per heavy atom. The molecule has 2 aliphatic rings. The average Bonchev–Trinajstić information content (AvgIpc) is 3.48. The summed E-state index contributed by atoms with van der Waals surface area (Å²) in [5, 5.41) is 10.3. The molecule has 2 fully saturated rings. The fourth-order valence-electron chi connectivity index (χ4n) is 3.95. The Kier molecular flexibility index (Phi) is 7.93. The number of rotatable bonds is 11. The monoisotopic (exact) mass is 459 g/mol. The highest BCUT2D eigenvalue weighted by atomic mass is 32.2. The zero-order valence-corrected chi connectivity index (χ0v) is 19.3. The van der Waals surface area contributed by atoms with E-state index in [0.29, 0.717) is 15.8 Å². The van der Waals surface area contributed by atoms with Gasteiger partial charge in [-0.15, -0.1) is 23.1 Å². The number of hydrogen-bond donors (Lipinski definition) is 1. The molecule has 1 atom stereocenters. The van der Waals surface area contributed by atoms with Crippen molar-refractivity contribution >= 4 is 34.7 Å². The molecule has 1 aromatic carbocycles. The van der Waals surface area contributed by atoms with Gasteiger partial charge in [-0.1, -0.05) is 12.1 Å². The number of thiazole rings is 1. The SMILES string of the molecule is O=C(CCC(=O)C(CC1CCOCC1)c1ccc(SC2CC2)cc1)c1ncc(CO)s1. The van der Waals surface area contributed by atoms with Crippen molar-refractivity contribution in [3.05, 3.63) is 45.9 Å². The first-order chi connectivity index (χ1) is 15.1. The number of carbonyl (C=O) groups is 2. The summed E-state index contributed by atoms with van der Waals surface area (Å²) >= 11 is 3.12.